The predicted octanol–water partition coefficient (Wildman–Crippen LogP) is 3.51. The van der Waals surface area contributed by atoms with Crippen molar-refractivity contribution in [3.8, 4) is 11.5 Å². The Hall–Kier alpha value is -1.63. The monoisotopic (exact) mass is 347 g/mol. The van der Waals surface area contributed by atoms with E-state index in [0.29, 0.717) is 0 Å². The van der Waals surface area contributed by atoms with Crippen molar-refractivity contribution in [3.05, 3.63) is 46.4 Å². The van der Waals surface area contributed by atoms with E-state index in [1.807, 2.05) is 0 Å². The number of aromatic hydroxyl groups is 1. The van der Waals surface area contributed by atoms with Crippen LogP contribution in [0, 0.1) is 0 Å². The summed E-state index contributed by atoms with van der Waals surface area (Å²) < 4.78 is 31.9. The quantitative estimate of drug-likeness (QED) is 0.829. The number of para-hydroxylation sites is 1. The van der Waals surface area contributed by atoms with E-state index in [0.717, 1.165) is 0 Å². The second kappa shape index (κ2) is 6.01. The molecule has 0 saturated carbocycles. The second-order valence-corrected chi connectivity index (χ2v) is 6.53. The molecule has 2 aromatic carbocycles. The fraction of sp³-hybridized carbons (Fsp3) is 0.0769. The van der Waals surface area contributed by atoms with Crippen LogP contribution in [0.2, 0.25) is 10.0 Å². The molecule has 0 amide bonds. The number of ether oxygens (including phenoxy) is 1. The number of methoxy groups -OCH3 is 1. The number of halogens is 2. The molecule has 2 N–H and O–H groups in total. The maximum absolute atomic E-state index is 12.3. The Kier molecular flexibility index (Phi) is 4.51. The number of benzene rings is 2. The highest BCUT2D eigenvalue weighted by atomic mass is 35.5. The molecule has 21 heavy (non-hydrogen) atoms. The zero-order valence-corrected chi connectivity index (χ0v) is 13.1. The molecule has 2 aromatic rings. The van der Waals surface area contributed by atoms with Crippen LogP contribution in [0.15, 0.2) is 41.3 Å². The molecule has 0 bridgehead atoms. The highest BCUT2D eigenvalue weighted by molar-refractivity contribution is 7.92. The van der Waals surface area contributed by atoms with Gasteiger partial charge < -0.3 is 9.84 Å². The van der Waals surface area contributed by atoms with E-state index in [9.17, 15) is 13.5 Å². The Labute approximate surface area is 132 Å². The molecule has 0 aromatic heterocycles. The first-order valence-corrected chi connectivity index (χ1v) is 7.93. The topological polar surface area (TPSA) is 75.6 Å². The number of rotatable bonds is 4. The van der Waals surface area contributed by atoms with Gasteiger partial charge in [-0.2, -0.15) is 0 Å². The van der Waals surface area contributed by atoms with E-state index in [-0.39, 0.29) is 32.1 Å². The zero-order chi connectivity index (χ0) is 15.6. The third-order valence-electron chi connectivity index (χ3n) is 2.66. The summed E-state index contributed by atoms with van der Waals surface area (Å²) in [4.78, 5) is -0.0813. The molecule has 5 nitrogen and oxygen atoms in total. The molecule has 0 spiro atoms. The minimum atomic E-state index is -3.94. The largest absolute Gasteiger partial charge is 0.506 e. The summed E-state index contributed by atoms with van der Waals surface area (Å²) >= 11 is 11.6. The van der Waals surface area contributed by atoms with Crippen LogP contribution >= 0.6 is 23.2 Å². The van der Waals surface area contributed by atoms with Gasteiger partial charge in [-0.25, -0.2) is 8.42 Å². The van der Waals surface area contributed by atoms with E-state index in [4.69, 9.17) is 27.9 Å². The lowest BCUT2D eigenvalue weighted by Crippen LogP contribution is -2.13. The number of nitrogens with one attached hydrogen (secondary N) is 1. The summed E-state index contributed by atoms with van der Waals surface area (Å²) in [5.41, 5.74) is -0.0499. The highest BCUT2D eigenvalue weighted by Gasteiger charge is 2.20. The molecule has 8 heteroatoms. The van der Waals surface area contributed by atoms with E-state index in [2.05, 4.69) is 4.72 Å². The Morgan fingerprint density at radius 2 is 1.86 bits per heavy atom. The van der Waals surface area contributed by atoms with Gasteiger partial charge in [0.15, 0.2) is 0 Å². The van der Waals surface area contributed by atoms with Crippen molar-refractivity contribution >= 4 is 38.9 Å². The minimum absolute atomic E-state index is 0.0499. The lowest BCUT2D eigenvalue weighted by atomic mass is 10.3. The Balaban J connectivity index is 2.44. The number of hydrogen-bond acceptors (Lipinski definition) is 4. The fourth-order valence-corrected chi connectivity index (χ4v) is 3.10. The second-order valence-electron chi connectivity index (χ2n) is 4.04. The van der Waals surface area contributed by atoms with Gasteiger partial charge in [-0.15, -0.1) is 0 Å². The maximum Gasteiger partial charge on any atom is 0.262 e. The average molecular weight is 348 g/mol. The SMILES string of the molecule is COc1cccc(O)c1NS(=O)(=O)c1ccc(Cl)c(Cl)c1. The highest BCUT2D eigenvalue weighted by Crippen LogP contribution is 2.35. The van der Waals surface area contributed by atoms with Gasteiger partial charge >= 0.3 is 0 Å². The molecular weight excluding hydrogens is 337 g/mol. The summed E-state index contributed by atoms with van der Waals surface area (Å²) in [5, 5.41) is 10.1. The number of phenols is 1. The van der Waals surface area contributed by atoms with Gasteiger partial charge in [-0.05, 0) is 30.3 Å². The first kappa shape index (κ1) is 15.8. The van der Waals surface area contributed by atoms with Gasteiger partial charge in [0, 0.05) is 0 Å². The van der Waals surface area contributed by atoms with Crippen LogP contribution in [-0.2, 0) is 10.0 Å². The maximum atomic E-state index is 12.3. The molecule has 0 saturated heterocycles. The lowest BCUT2D eigenvalue weighted by Gasteiger charge is -2.13. The molecule has 2 rings (SSSR count). The molecule has 0 unspecified atom stereocenters. The third-order valence-corrected chi connectivity index (χ3v) is 4.75. The summed E-state index contributed by atoms with van der Waals surface area (Å²) in [6, 6.07) is 8.30. The molecule has 112 valence electrons. The van der Waals surface area contributed by atoms with Crippen molar-refractivity contribution in [2.45, 2.75) is 4.90 Å². The van der Waals surface area contributed by atoms with Gasteiger partial charge in [0.05, 0.1) is 22.1 Å². The van der Waals surface area contributed by atoms with Crippen molar-refractivity contribution in [2.75, 3.05) is 11.8 Å². The third kappa shape index (κ3) is 3.34. The normalized spacial score (nSPS) is 11.2. The number of sulfonamides is 1. The number of phenolic OH excluding ortho intramolecular Hbond substituents is 1. The van der Waals surface area contributed by atoms with Crippen molar-refractivity contribution < 1.29 is 18.3 Å². The summed E-state index contributed by atoms with van der Waals surface area (Å²) in [7, 11) is -2.57. The smallest absolute Gasteiger partial charge is 0.262 e. The van der Waals surface area contributed by atoms with E-state index in [1.165, 1.54) is 43.5 Å². The summed E-state index contributed by atoms with van der Waals surface area (Å²) in [5.74, 6) is -0.0587. The van der Waals surface area contributed by atoms with Gasteiger partial charge in [0.2, 0.25) is 0 Å². The summed E-state index contributed by atoms with van der Waals surface area (Å²) in [6.45, 7) is 0. The predicted molar refractivity (Wildman–Crippen MR) is 81.9 cm³/mol. The van der Waals surface area contributed by atoms with Crippen molar-refractivity contribution in [3.63, 3.8) is 0 Å². The minimum Gasteiger partial charge on any atom is -0.506 e. The van der Waals surface area contributed by atoms with Crippen LogP contribution in [0.3, 0.4) is 0 Å². The molecule has 0 radical (unpaired) electrons. The molecule has 0 aliphatic rings. The summed E-state index contributed by atoms with van der Waals surface area (Å²) in [6.07, 6.45) is 0. The van der Waals surface area contributed by atoms with Crippen LogP contribution in [0.4, 0.5) is 5.69 Å². The van der Waals surface area contributed by atoms with Gasteiger partial charge in [-0.3, -0.25) is 4.72 Å². The van der Waals surface area contributed by atoms with Crippen LogP contribution in [0.25, 0.3) is 0 Å². The van der Waals surface area contributed by atoms with Crippen LogP contribution in [-0.4, -0.2) is 20.6 Å². The zero-order valence-electron chi connectivity index (χ0n) is 10.8. The van der Waals surface area contributed by atoms with Crippen molar-refractivity contribution in [1.82, 2.24) is 0 Å². The van der Waals surface area contributed by atoms with Crippen molar-refractivity contribution in [1.29, 1.82) is 0 Å². The van der Waals surface area contributed by atoms with Crippen molar-refractivity contribution in [2.24, 2.45) is 0 Å². The first-order valence-electron chi connectivity index (χ1n) is 5.69. The molecule has 0 fully saturated rings. The number of hydrogen-bond donors (Lipinski definition) is 2. The molecule has 0 heterocycles. The lowest BCUT2D eigenvalue weighted by molar-refractivity contribution is 0.411. The van der Waals surface area contributed by atoms with Crippen LogP contribution < -0.4 is 9.46 Å². The first-order chi connectivity index (χ1) is 9.85. The van der Waals surface area contributed by atoms with Gasteiger partial charge in [0.25, 0.3) is 10.0 Å². The van der Waals surface area contributed by atoms with Gasteiger partial charge in [0.1, 0.15) is 17.2 Å². The Morgan fingerprint density at radius 1 is 1.14 bits per heavy atom. The Bertz CT molecular complexity index is 778. The number of anilines is 1. The van der Waals surface area contributed by atoms with Crippen LogP contribution in [0.5, 0.6) is 11.5 Å². The fourth-order valence-electron chi connectivity index (χ4n) is 1.63. The Morgan fingerprint density at radius 3 is 2.48 bits per heavy atom. The molecular formula is C13H11Cl2NO4S. The average Bonchev–Trinajstić information content (AvgIpc) is 2.43. The molecule has 0 aliphatic carbocycles. The van der Waals surface area contributed by atoms with E-state index < -0.39 is 10.0 Å². The van der Waals surface area contributed by atoms with E-state index >= 15 is 0 Å². The van der Waals surface area contributed by atoms with Crippen LogP contribution in [0.1, 0.15) is 0 Å². The van der Waals surface area contributed by atoms with E-state index in [1.54, 1.807) is 0 Å². The standard InChI is InChI=1S/C13H11Cl2NO4S/c1-20-12-4-2-3-11(17)13(12)16-21(18,19)8-5-6-9(14)10(15)7-8/h2-7,16-17H,1H3. The molecule has 0 atom stereocenters. The van der Waals surface area contributed by atoms with Gasteiger partial charge in [-0.1, -0.05) is 29.3 Å². The molecule has 0 aliphatic heterocycles.